The largest absolute Gasteiger partial charge is 0.385 e. The van der Waals surface area contributed by atoms with E-state index in [1.165, 1.54) is 0 Å². The summed E-state index contributed by atoms with van der Waals surface area (Å²) in [6.45, 7) is 3.29. The zero-order valence-corrected chi connectivity index (χ0v) is 9.37. The smallest absolute Gasteiger partial charge is 0.109 e. The van der Waals surface area contributed by atoms with Gasteiger partial charge < -0.3 is 10.4 Å². The minimum Gasteiger partial charge on any atom is -0.385 e. The molecule has 2 N–H and O–H groups in total. The van der Waals surface area contributed by atoms with Crippen molar-refractivity contribution in [3.8, 4) is 0 Å². The Morgan fingerprint density at radius 1 is 1.77 bits per heavy atom. The van der Waals surface area contributed by atoms with Crippen LogP contribution in [-0.4, -0.2) is 28.5 Å². The molecule has 0 bridgehead atoms. The van der Waals surface area contributed by atoms with Crippen LogP contribution in [0.3, 0.4) is 0 Å². The molecule has 74 valence electrons. The highest BCUT2D eigenvalue weighted by molar-refractivity contribution is 9.10. The van der Waals surface area contributed by atoms with E-state index in [9.17, 15) is 5.11 Å². The van der Waals surface area contributed by atoms with E-state index in [0.717, 1.165) is 16.7 Å². The van der Waals surface area contributed by atoms with Gasteiger partial charge in [-0.15, -0.1) is 0 Å². The molecular formula is C8H14BrN3O. The standard InChI is InChI=1S/C8H14BrN3O/c1-3-12-8(6(9)4-11-12)7(13)5-10-2/h4,7,10,13H,3,5H2,1-2H3. The first-order valence-electron chi connectivity index (χ1n) is 4.24. The van der Waals surface area contributed by atoms with Gasteiger partial charge in [0, 0.05) is 13.1 Å². The molecule has 0 aliphatic rings. The lowest BCUT2D eigenvalue weighted by Crippen LogP contribution is -2.20. The summed E-state index contributed by atoms with van der Waals surface area (Å²) in [5.41, 5.74) is 0.830. The number of aliphatic hydroxyl groups is 1. The molecule has 0 saturated carbocycles. The Hall–Kier alpha value is -0.390. The molecule has 0 saturated heterocycles. The highest BCUT2D eigenvalue weighted by atomic mass is 79.9. The Morgan fingerprint density at radius 3 is 3.00 bits per heavy atom. The lowest BCUT2D eigenvalue weighted by Gasteiger charge is -2.12. The Balaban J connectivity index is 2.89. The Labute approximate surface area is 86.1 Å². The van der Waals surface area contributed by atoms with Crippen LogP contribution in [0.25, 0.3) is 0 Å². The number of hydrogen-bond acceptors (Lipinski definition) is 3. The second kappa shape index (κ2) is 4.74. The van der Waals surface area contributed by atoms with Crippen molar-refractivity contribution < 1.29 is 5.11 Å². The molecule has 1 heterocycles. The molecule has 1 unspecified atom stereocenters. The van der Waals surface area contributed by atoms with Gasteiger partial charge in [-0.1, -0.05) is 0 Å². The van der Waals surface area contributed by atoms with Crippen LogP contribution >= 0.6 is 15.9 Å². The van der Waals surface area contributed by atoms with Crippen LogP contribution in [0.15, 0.2) is 10.7 Å². The molecule has 4 nitrogen and oxygen atoms in total. The van der Waals surface area contributed by atoms with Crippen LogP contribution < -0.4 is 5.32 Å². The van der Waals surface area contributed by atoms with Crippen LogP contribution in [0, 0.1) is 0 Å². The third kappa shape index (κ3) is 2.30. The minimum absolute atomic E-state index is 0.512. The van der Waals surface area contributed by atoms with E-state index in [1.807, 2.05) is 14.0 Å². The van der Waals surface area contributed by atoms with Crippen molar-refractivity contribution in [2.75, 3.05) is 13.6 Å². The summed E-state index contributed by atoms with van der Waals surface area (Å²) in [6.07, 6.45) is 1.19. The minimum atomic E-state index is -0.512. The van der Waals surface area contributed by atoms with Crippen molar-refractivity contribution in [2.24, 2.45) is 0 Å². The fraction of sp³-hybridized carbons (Fsp3) is 0.625. The second-order valence-electron chi connectivity index (χ2n) is 2.77. The summed E-state index contributed by atoms with van der Waals surface area (Å²) in [4.78, 5) is 0. The maximum absolute atomic E-state index is 9.75. The predicted molar refractivity (Wildman–Crippen MR) is 54.5 cm³/mol. The van der Waals surface area contributed by atoms with Crippen molar-refractivity contribution in [2.45, 2.75) is 19.6 Å². The lowest BCUT2D eigenvalue weighted by atomic mass is 10.2. The molecule has 0 aromatic carbocycles. The summed E-state index contributed by atoms with van der Waals surface area (Å²) in [6, 6.07) is 0. The molecule has 1 atom stereocenters. The fourth-order valence-electron chi connectivity index (χ4n) is 1.25. The molecule has 5 heteroatoms. The van der Waals surface area contributed by atoms with E-state index < -0.39 is 6.10 Å². The van der Waals surface area contributed by atoms with Crippen LogP contribution in [0.1, 0.15) is 18.7 Å². The van der Waals surface area contributed by atoms with Crippen molar-refractivity contribution in [3.05, 3.63) is 16.4 Å². The average Bonchev–Trinajstić information content (AvgIpc) is 2.47. The van der Waals surface area contributed by atoms with Gasteiger partial charge in [-0.3, -0.25) is 4.68 Å². The van der Waals surface area contributed by atoms with Gasteiger partial charge in [0.25, 0.3) is 0 Å². The number of aromatic nitrogens is 2. The first-order valence-corrected chi connectivity index (χ1v) is 5.03. The lowest BCUT2D eigenvalue weighted by molar-refractivity contribution is 0.166. The summed E-state index contributed by atoms with van der Waals surface area (Å²) in [5, 5.41) is 16.8. The molecule has 0 amide bonds. The van der Waals surface area contributed by atoms with Gasteiger partial charge in [0.1, 0.15) is 6.10 Å². The number of rotatable bonds is 4. The van der Waals surface area contributed by atoms with Gasteiger partial charge in [-0.05, 0) is 29.9 Å². The first kappa shape index (κ1) is 10.7. The normalized spacial score (nSPS) is 13.2. The van der Waals surface area contributed by atoms with Gasteiger partial charge in [-0.2, -0.15) is 5.10 Å². The second-order valence-corrected chi connectivity index (χ2v) is 3.62. The molecule has 1 rings (SSSR count). The molecular weight excluding hydrogens is 234 g/mol. The number of likely N-dealkylation sites (N-methyl/N-ethyl adjacent to an activating group) is 1. The SMILES string of the molecule is CCn1ncc(Br)c1C(O)CNC. The van der Waals surface area contributed by atoms with Crippen molar-refractivity contribution in [3.63, 3.8) is 0 Å². The Kier molecular flexibility index (Phi) is 3.90. The topological polar surface area (TPSA) is 50.1 Å². The monoisotopic (exact) mass is 247 g/mol. The van der Waals surface area contributed by atoms with E-state index in [2.05, 4.69) is 26.3 Å². The molecule has 0 fully saturated rings. The van der Waals surface area contributed by atoms with Gasteiger partial charge in [0.15, 0.2) is 0 Å². The van der Waals surface area contributed by atoms with Crippen LogP contribution in [-0.2, 0) is 6.54 Å². The molecule has 0 radical (unpaired) electrons. The van der Waals surface area contributed by atoms with Crippen LogP contribution in [0.2, 0.25) is 0 Å². The molecule has 0 aliphatic heterocycles. The number of halogens is 1. The summed E-state index contributed by atoms with van der Waals surface area (Å²) >= 11 is 3.36. The van der Waals surface area contributed by atoms with Crippen LogP contribution in [0.5, 0.6) is 0 Å². The van der Waals surface area contributed by atoms with Crippen molar-refractivity contribution >= 4 is 15.9 Å². The Bertz CT molecular complexity index is 274. The van der Waals surface area contributed by atoms with E-state index in [-0.39, 0.29) is 0 Å². The predicted octanol–water partition coefficient (Wildman–Crippen LogP) is 0.918. The highest BCUT2D eigenvalue weighted by Gasteiger charge is 2.15. The maximum atomic E-state index is 9.75. The molecule has 1 aromatic rings. The third-order valence-corrected chi connectivity index (χ3v) is 2.46. The van der Waals surface area contributed by atoms with Crippen LogP contribution in [0.4, 0.5) is 0 Å². The molecule has 0 spiro atoms. The van der Waals surface area contributed by atoms with E-state index >= 15 is 0 Å². The summed E-state index contributed by atoms with van der Waals surface area (Å²) in [5.74, 6) is 0. The highest BCUT2D eigenvalue weighted by Crippen LogP contribution is 2.22. The maximum Gasteiger partial charge on any atom is 0.109 e. The molecule has 0 aliphatic carbocycles. The Morgan fingerprint density at radius 2 is 2.46 bits per heavy atom. The van der Waals surface area contributed by atoms with E-state index in [1.54, 1.807) is 10.9 Å². The zero-order valence-electron chi connectivity index (χ0n) is 7.79. The third-order valence-electron chi connectivity index (χ3n) is 1.85. The average molecular weight is 248 g/mol. The number of hydrogen-bond donors (Lipinski definition) is 2. The van der Waals surface area contributed by atoms with Gasteiger partial charge >= 0.3 is 0 Å². The van der Waals surface area contributed by atoms with E-state index in [0.29, 0.717) is 6.54 Å². The number of aryl methyl sites for hydroxylation is 1. The van der Waals surface area contributed by atoms with Gasteiger partial charge in [-0.25, -0.2) is 0 Å². The quantitative estimate of drug-likeness (QED) is 0.833. The molecule has 13 heavy (non-hydrogen) atoms. The fourth-order valence-corrected chi connectivity index (χ4v) is 1.81. The number of nitrogens with zero attached hydrogens (tertiary/aromatic N) is 2. The van der Waals surface area contributed by atoms with Crippen molar-refractivity contribution in [1.82, 2.24) is 15.1 Å². The van der Waals surface area contributed by atoms with Gasteiger partial charge in [0.2, 0.25) is 0 Å². The van der Waals surface area contributed by atoms with Gasteiger partial charge in [0.05, 0.1) is 16.4 Å². The summed E-state index contributed by atoms with van der Waals surface area (Å²) < 4.78 is 2.64. The summed E-state index contributed by atoms with van der Waals surface area (Å²) in [7, 11) is 1.81. The zero-order chi connectivity index (χ0) is 9.84. The van der Waals surface area contributed by atoms with Crippen molar-refractivity contribution in [1.29, 1.82) is 0 Å². The molecule has 1 aromatic heterocycles. The number of aliphatic hydroxyl groups excluding tert-OH is 1. The number of nitrogens with one attached hydrogen (secondary N) is 1. The first-order chi connectivity index (χ1) is 6.20. The van der Waals surface area contributed by atoms with E-state index in [4.69, 9.17) is 0 Å².